The molecule has 1 fully saturated rings. The molecule has 0 spiro atoms. The zero-order valence-electron chi connectivity index (χ0n) is 17.3. The first-order chi connectivity index (χ1) is 11.9. The third kappa shape index (κ3) is 4.26. The fourth-order valence-corrected chi connectivity index (χ4v) is 3.99. The number of phenolic OH excluding ortho intramolecular Hbond substituents is 1. The van der Waals surface area contributed by atoms with Gasteiger partial charge in [-0.25, -0.2) is 10.0 Å². The molecule has 1 N–H and O–H groups in total. The molecule has 0 atom stereocenters. The molecule has 1 aromatic rings. The summed E-state index contributed by atoms with van der Waals surface area (Å²) in [6.45, 7) is 15.4. The topological polar surface area (TPSA) is 43.8 Å². The van der Waals surface area contributed by atoms with E-state index in [4.69, 9.17) is 0 Å². The number of rotatable bonds is 3. The van der Waals surface area contributed by atoms with Crippen LogP contribution in [0.15, 0.2) is 17.2 Å². The lowest BCUT2D eigenvalue weighted by Crippen LogP contribution is -2.39. The number of aromatic hydroxyl groups is 1. The predicted molar refractivity (Wildman–Crippen MR) is 111 cm³/mol. The molecule has 0 aromatic heterocycles. The van der Waals surface area contributed by atoms with E-state index in [-0.39, 0.29) is 16.7 Å². The Hall–Kier alpha value is -1.46. The molecular formula is C21H32N2O2S. The van der Waals surface area contributed by atoms with Gasteiger partial charge < -0.3 is 5.11 Å². The van der Waals surface area contributed by atoms with Gasteiger partial charge in [-0.1, -0.05) is 60.2 Å². The van der Waals surface area contributed by atoms with Gasteiger partial charge in [-0.3, -0.25) is 4.79 Å². The van der Waals surface area contributed by atoms with E-state index < -0.39 is 0 Å². The molecule has 1 saturated heterocycles. The van der Waals surface area contributed by atoms with Crippen LogP contribution in [0.5, 0.6) is 5.75 Å². The first kappa shape index (κ1) is 20.8. The van der Waals surface area contributed by atoms with Crippen LogP contribution in [0, 0.1) is 0 Å². The molecule has 4 nitrogen and oxygen atoms in total. The number of carbonyl (C=O) groups is 1. The molecule has 1 aliphatic rings. The molecule has 1 aromatic carbocycles. The van der Waals surface area contributed by atoms with Crippen LogP contribution in [0.1, 0.15) is 65.2 Å². The Morgan fingerprint density at radius 1 is 1.15 bits per heavy atom. The van der Waals surface area contributed by atoms with E-state index in [2.05, 4.69) is 47.6 Å². The molecule has 1 heterocycles. The molecule has 0 saturated carbocycles. The standard InChI is InChI=1S/C21H32N2O2S/c1-9-22(8)23-17(24)13-26-18(23)12-14-10-15(20(2,3)4)19(25)16(11-14)21(5,6)7/h10-12,25H,9,13H2,1-8H3. The van der Waals surface area contributed by atoms with E-state index in [9.17, 15) is 9.90 Å². The van der Waals surface area contributed by atoms with Gasteiger partial charge in [0.1, 0.15) is 5.75 Å². The molecular weight excluding hydrogens is 344 g/mol. The van der Waals surface area contributed by atoms with Crippen LogP contribution in [0.2, 0.25) is 0 Å². The van der Waals surface area contributed by atoms with Gasteiger partial charge in [-0.15, -0.1) is 0 Å². The second-order valence-corrected chi connectivity index (χ2v) is 9.91. The van der Waals surface area contributed by atoms with Crippen molar-refractivity contribution in [1.29, 1.82) is 0 Å². The van der Waals surface area contributed by atoms with Gasteiger partial charge in [-0.2, -0.15) is 0 Å². The largest absolute Gasteiger partial charge is 0.507 e. The Morgan fingerprint density at radius 2 is 1.65 bits per heavy atom. The average molecular weight is 377 g/mol. The van der Waals surface area contributed by atoms with Crippen molar-refractivity contribution in [2.45, 2.75) is 59.3 Å². The van der Waals surface area contributed by atoms with Gasteiger partial charge in [0.2, 0.25) is 0 Å². The SMILES string of the molecule is CCN(C)N1C(=O)CSC1=Cc1cc(C(C)(C)C)c(O)c(C(C)(C)C)c1. The monoisotopic (exact) mass is 376 g/mol. The first-order valence-electron chi connectivity index (χ1n) is 9.12. The van der Waals surface area contributed by atoms with Crippen molar-refractivity contribution < 1.29 is 9.90 Å². The highest BCUT2D eigenvalue weighted by atomic mass is 32.2. The summed E-state index contributed by atoms with van der Waals surface area (Å²) in [6, 6.07) is 4.09. The third-order valence-corrected chi connectivity index (χ3v) is 5.60. The van der Waals surface area contributed by atoms with Crippen molar-refractivity contribution in [3.8, 4) is 5.75 Å². The van der Waals surface area contributed by atoms with Crippen LogP contribution < -0.4 is 0 Å². The highest BCUT2D eigenvalue weighted by molar-refractivity contribution is 8.04. The van der Waals surface area contributed by atoms with Crippen molar-refractivity contribution in [3.05, 3.63) is 33.9 Å². The number of amides is 1. The van der Waals surface area contributed by atoms with E-state index in [1.54, 1.807) is 16.8 Å². The molecule has 5 heteroatoms. The summed E-state index contributed by atoms with van der Waals surface area (Å²) in [4.78, 5) is 12.3. The van der Waals surface area contributed by atoms with E-state index in [1.165, 1.54) is 0 Å². The minimum Gasteiger partial charge on any atom is -0.507 e. The zero-order chi connectivity index (χ0) is 19.9. The third-order valence-electron chi connectivity index (χ3n) is 4.63. The molecule has 0 unspecified atom stereocenters. The quantitative estimate of drug-likeness (QED) is 0.828. The van der Waals surface area contributed by atoms with Crippen molar-refractivity contribution in [2.75, 3.05) is 19.3 Å². The van der Waals surface area contributed by atoms with Crippen LogP contribution in [0.25, 0.3) is 6.08 Å². The maximum atomic E-state index is 12.3. The number of thioether (sulfide) groups is 1. The van der Waals surface area contributed by atoms with Gasteiger partial charge >= 0.3 is 0 Å². The lowest BCUT2D eigenvalue weighted by molar-refractivity contribution is -0.136. The lowest BCUT2D eigenvalue weighted by Gasteiger charge is -2.29. The van der Waals surface area contributed by atoms with Crippen molar-refractivity contribution in [1.82, 2.24) is 10.0 Å². The highest BCUT2D eigenvalue weighted by Crippen LogP contribution is 2.41. The molecule has 26 heavy (non-hydrogen) atoms. The number of hydrogen-bond acceptors (Lipinski definition) is 4. The van der Waals surface area contributed by atoms with Gasteiger partial charge in [0.15, 0.2) is 0 Å². The fraction of sp³-hybridized carbons (Fsp3) is 0.571. The minimum atomic E-state index is -0.170. The van der Waals surface area contributed by atoms with Crippen LogP contribution >= 0.6 is 11.8 Å². The van der Waals surface area contributed by atoms with Crippen molar-refractivity contribution in [2.24, 2.45) is 0 Å². The van der Waals surface area contributed by atoms with E-state index in [0.717, 1.165) is 28.3 Å². The number of benzene rings is 1. The van der Waals surface area contributed by atoms with E-state index in [1.807, 2.05) is 31.1 Å². The second kappa shape index (κ2) is 7.28. The Balaban J connectivity index is 2.61. The number of hydrazine groups is 1. The smallest absolute Gasteiger partial charge is 0.252 e. The summed E-state index contributed by atoms with van der Waals surface area (Å²) in [5, 5.41) is 15.5. The molecule has 144 valence electrons. The molecule has 2 rings (SSSR count). The molecule has 1 amide bonds. The number of phenols is 1. The van der Waals surface area contributed by atoms with Gasteiger partial charge in [0.05, 0.1) is 10.8 Å². The Kier molecular flexibility index (Phi) is 5.83. The summed E-state index contributed by atoms with van der Waals surface area (Å²) in [5.41, 5.74) is 2.54. The maximum Gasteiger partial charge on any atom is 0.252 e. The van der Waals surface area contributed by atoms with E-state index >= 15 is 0 Å². The van der Waals surface area contributed by atoms with Crippen LogP contribution in [-0.4, -0.2) is 40.4 Å². The van der Waals surface area contributed by atoms with Gasteiger partial charge in [0.25, 0.3) is 5.91 Å². The van der Waals surface area contributed by atoms with Gasteiger partial charge in [-0.05, 0) is 34.6 Å². The van der Waals surface area contributed by atoms with Crippen LogP contribution in [0.4, 0.5) is 0 Å². The zero-order valence-corrected chi connectivity index (χ0v) is 18.1. The first-order valence-corrected chi connectivity index (χ1v) is 10.1. The number of nitrogens with zero attached hydrogens (tertiary/aromatic N) is 2. The predicted octanol–water partition coefficient (Wildman–Crippen LogP) is 4.73. The molecule has 0 bridgehead atoms. The summed E-state index contributed by atoms with van der Waals surface area (Å²) >= 11 is 1.56. The van der Waals surface area contributed by atoms with Crippen LogP contribution in [0.3, 0.4) is 0 Å². The minimum absolute atomic E-state index is 0.108. The average Bonchev–Trinajstić information content (AvgIpc) is 2.86. The number of hydrogen-bond donors (Lipinski definition) is 1. The Bertz CT molecular complexity index is 692. The molecule has 0 radical (unpaired) electrons. The maximum absolute atomic E-state index is 12.3. The Labute approximate surface area is 162 Å². The second-order valence-electron chi connectivity index (χ2n) is 8.92. The summed E-state index contributed by atoms with van der Waals surface area (Å²) in [6.07, 6.45) is 2.06. The van der Waals surface area contributed by atoms with Crippen molar-refractivity contribution in [3.63, 3.8) is 0 Å². The number of carbonyl (C=O) groups excluding carboxylic acids is 1. The summed E-state index contributed by atoms with van der Waals surface area (Å²) < 4.78 is 0. The lowest BCUT2D eigenvalue weighted by atomic mass is 9.78. The molecule has 1 aliphatic heterocycles. The fourth-order valence-electron chi connectivity index (χ4n) is 3.01. The van der Waals surface area contributed by atoms with Crippen LogP contribution in [-0.2, 0) is 15.6 Å². The van der Waals surface area contributed by atoms with E-state index in [0.29, 0.717) is 11.5 Å². The highest BCUT2D eigenvalue weighted by Gasteiger charge is 2.30. The Morgan fingerprint density at radius 3 is 2.08 bits per heavy atom. The van der Waals surface area contributed by atoms with Crippen molar-refractivity contribution >= 4 is 23.7 Å². The molecule has 0 aliphatic carbocycles. The normalized spacial score (nSPS) is 17.7. The summed E-state index contributed by atoms with van der Waals surface area (Å²) in [7, 11) is 1.93. The summed E-state index contributed by atoms with van der Waals surface area (Å²) in [5.74, 6) is 0.952. The van der Waals surface area contributed by atoms with Gasteiger partial charge in [0, 0.05) is 24.7 Å².